The number of carbonyl (C=O) groups excluding carboxylic acids is 1. The number of hydrogen-bond donors (Lipinski definition) is 0. The van der Waals surface area contributed by atoms with E-state index in [-0.39, 0.29) is 0 Å². The van der Waals surface area contributed by atoms with Crippen LogP contribution in [-0.2, 0) is 4.79 Å². The summed E-state index contributed by atoms with van der Waals surface area (Å²) in [6.07, 6.45) is 4.44. The van der Waals surface area contributed by atoms with Gasteiger partial charge in [0.25, 0.3) is 0 Å². The van der Waals surface area contributed by atoms with E-state index in [1.807, 2.05) is 6.92 Å². The van der Waals surface area contributed by atoms with Gasteiger partial charge < -0.3 is 0 Å². The van der Waals surface area contributed by atoms with Crippen LogP contribution in [0.5, 0.6) is 0 Å². The Morgan fingerprint density at radius 3 is 2.83 bits per heavy atom. The van der Waals surface area contributed by atoms with Gasteiger partial charge in [-0.1, -0.05) is 13.8 Å². The van der Waals surface area contributed by atoms with E-state index in [4.69, 9.17) is 0 Å². The van der Waals surface area contributed by atoms with Crippen molar-refractivity contribution in [2.45, 2.75) is 45.6 Å². The predicted molar refractivity (Wildman–Crippen MR) is 50.2 cm³/mol. The van der Waals surface area contributed by atoms with Crippen molar-refractivity contribution in [3.63, 3.8) is 0 Å². The minimum atomic E-state index is 0.385. The monoisotopic (exact) mass is 169 g/mol. The molecule has 1 unspecified atom stereocenters. The van der Waals surface area contributed by atoms with Gasteiger partial charge >= 0.3 is 0 Å². The molecule has 2 nitrogen and oxygen atoms in total. The summed E-state index contributed by atoms with van der Waals surface area (Å²) < 4.78 is 0. The normalized spacial score (nSPS) is 24.7. The van der Waals surface area contributed by atoms with Crippen LogP contribution < -0.4 is 0 Å². The van der Waals surface area contributed by atoms with Crippen molar-refractivity contribution in [3.8, 4) is 0 Å². The summed E-state index contributed by atoms with van der Waals surface area (Å²) in [6.45, 7) is 5.97. The van der Waals surface area contributed by atoms with E-state index in [0.29, 0.717) is 24.8 Å². The van der Waals surface area contributed by atoms with Crippen molar-refractivity contribution < 1.29 is 4.79 Å². The van der Waals surface area contributed by atoms with Crippen LogP contribution in [0, 0.1) is 0 Å². The van der Waals surface area contributed by atoms with Gasteiger partial charge in [-0.05, 0) is 25.8 Å². The van der Waals surface area contributed by atoms with Crippen molar-refractivity contribution in [1.82, 2.24) is 4.90 Å². The maximum absolute atomic E-state index is 11.2. The first-order chi connectivity index (χ1) is 5.77. The van der Waals surface area contributed by atoms with E-state index in [2.05, 4.69) is 11.8 Å². The Bertz CT molecular complexity index is 156. The Hall–Kier alpha value is -0.370. The van der Waals surface area contributed by atoms with E-state index in [9.17, 15) is 4.79 Å². The Labute approximate surface area is 74.9 Å². The molecule has 0 N–H and O–H groups in total. The minimum absolute atomic E-state index is 0.385. The molecular formula is C10H19NO. The molecule has 1 fully saturated rings. The summed E-state index contributed by atoms with van der Waals surface area (Å²) in [5.74, 6) is 0.385. The highest BCUT2D eigenvalue weighted by Gasteiger charge is 2.23. The molecule has 1 heterocycles. The van der Waals surface area contributed by atoms with Gasteiger partial charge in [0.15, 0.2) is 0 Å². The van der Waals surface area contributed by atoms with Crippen LogP contribution >= 0.6 is 0 Å². The van der Waals surface area contributed by atoms with Gasteiger partial charge in [0.05, 0.1) is 6.54 Å². The fourth-order valence-electron chi connectivity index (χ4n) is 1.90. The van der Waals surface area contributed by atoms with E-state index in [1.165, 1.54) is 19.3 Å². The molecule has 1 aliphatic heterocycles. The molecule has 0 bridgehead atoms. The summed E-state index contributed by atoms with van der Waals surface area (Å²) in [5, 5.41) is 0. The molecule has 12 heavy (non-hydrogen) atoms. The molecule has 70 valence electrons. The van der Waals surface area contributed by atoms with E-state index < -0.39 is 0 Å². The third-order valence-corrected chi connectivity index (χ3v) is 2.74. The first kappa shape index (κ1) is 9.72. The van der Waals surface area contributed by atoms with Crippen LogP contribution in [-0.4, -0.2) is 29.8 Å². The van der Waals surface area contributed by atoms with Crippen molar-refractivity contribution in [3.05, 3.63) is 0 Å². The summed E-state index contributed by atoms with van der Waals surface area (Å²) in [6, 6.07) is 0.681. The molecular weight excluding hydrogens is 150 g/mol. The summed E-state index contributed by atoms with van der Waals surface area (Å²) >= 11 is 0. The maximum atomic E-state index is 11.2. The Balaban J connectivity index is 2.35. The second kappa shape index (κ2) is 4.61. The molecule has 1 rings (SSSR count). The smallest absolute Gasteiger partial charge is 0.146 e. The zero-order chi connectivity index (χ0) is 8.97. The van der Waals surface area contributed by atoms with Crippen LogP contribution in [0.3, 0.4) is 0 Å². The van der Waals surface area contributed by atoms with Gasteiger partial charge in [0, 0.05) is 12.5 Å². The van der Waals surface area contributed by atoms with Crippen molar-refractivity contribution in [2.75, 3.05) is 13.1 Å². The molecule has 1 atom stereocenters. The number of nitrogens with zero attached hydrogens (tertiary/aromatic N) is 1. The van der Waals surface area contributed by atoms with Crippen LogP contribution in [0.4, 0.5) is 0 Å². The van der Waals surface area contributed by atoms with E-state index in [0.717, 1.165) is 6.54 Å². The summed E-state index contributed by atoms with van der Waals surface area (Å²) in [4.78, 5) is 13.5. The third-order valence-electron chi connectivity index (χ3n) is 2.74. The zero-order valence-electron chi connectivity index (χ0n) is 8.18. The Morgan fingerprint density at radius 2 is 2.25 bits per heavy atom. The molecule has 0 aliphatic carbocycles. The van der Waals surface area contributed by atoms with Crippen LogP contribution in [0.1, 0.15) is 39.5 Å². The zero-order valence-corrected chi connectivity index (χ0v) is 8.18. The number of ketones is 1. The van der Waals surface area contributed by atoms with Crippen molar-refractivity contribution in [2.24, 2.45) is 0 Å². The largest absolute Gasteiger partial charge is 0.298 e. The van der Waals surface area contributed by atoms with Gasteiger partial charge in [0.2, 0.25) is 0 Å². The lowest BCUT2D eigenvalue weighted by Gasteiger charge is -2.21. The summed E-state index contributed by atoms with van der Waals surface area (Å²) in [5.41, 5.74) is 0. The van der Waals surface area contributed by atoms with E-state index in [1.54, 1.807) is 0 Å². The molecule has 0 aromatic rings. The summed E-state index contributed by atoms with van der Waals surface area (Å²) in [7, 11) is 0. The van der Waals surface area contributed by atoms with Gasteiger partial charge in [-0.3, -0.25) is 9.69 Å². The fraction of sp³-hybridized carbons (Fsp3) is 0.900. The van der Waals surface area contributed by atoms with Crippen LogP contribution in [0.15, 0.2) is 0 Å². The number of hydrogen-bond acceptors (Lipinski definition) is 2. The predicted octanol–water partition coefficient (Wildman–Crippen LogP) is 1.84. The lowest BCUT2D eigenvalue weighted by Crippen LogP contribution is -2.33. The lowest BCUT2D eigenvalue weighted by atomic mass is 10.1. The highest BCUT2D eigenvalue weighted by Crippen LogP contribution is 2.19. The Kier molecular flexibility index (Phi) is 3.73. The van der Waals surface area contributed by atoms with Gasteiger partial charge in [-0.2, -0.15) is 0 Å². The van der Waals surface area contributed by atoms with E-state index >= 15 is 0 Å². The van der Waals surface area contributed by atoms with Crippen molar-refractivity contribution in [1.29, 1.82) is 0 Å². The highest BCUT2D eigenvalue weighted by atomic mass is 16.1. The van der Waals surface area contributed by atoms with Crippen LogP contribution in [0.25, 0.3) is 0 Å². The molecule has 1 aliphatic rings. The molecule has 0 saturated carbocycles. The maximum Gasteiger partial charge on any atom is 0.146 e. The molecule has 2 heteroatoms. The lowest BCUT2D eigenvalue weighted by molar-refractivity contribution is -0.120. The fourth-order valence-corrected chi connectivity index (χ4v) is 1.90. The first-order valence-corrected chi connectivity index (χ1v) is 5.03. The topological polar surface area (TPSA) is 20.3 Å². The highest BCUT2D eigenvalue weighted by molar-refractivity contribution is 5.80. The molecule has 0 aromatic carbocycles. The number of Topliss-reactive ketones (excluding diaryl/α,β-unsaturated/α-hetero) is 1. The first-order valence-electron chi connectivity index (χ1n) is 5.03. The molecule has 0 spiro atoms. The van der Waals surface area contributed by atoms with Crippen molar-refractivity contribution >= 4 is 5.78 Å². The number of likely N-dealkylation sites (tertiary alicyclic amines) is 1. The van der Waals surface area contributed by atoms with Gasteiger partial charge in [-0.15, -0.1) is 0 Å². The second-order valence-corrected chi connectivity index (χ2v) is 3.57. The molecule has 1 saturated heterocycles. The number of rotatable bonds is 4. The SMILES string of the molecule is CCC(=O)CN1CCCC1CC. The van der Waals surface area contributed by atoms with Crippen LogP contribution in [0.2, 0.25) is 0 Å². The quantitative estimate of drug-likeness (QED) is 0.640. The minimum Gasteiger partial charge on any atom is -0.298 e. The second-order valence-electron chi connectivity index (χ2n) is 3.57. The van der Waals surface area contributed by atoms with Gasteiger partial charge in [-0.25, -0.2) is 0 Å². The number of carbonyl (C=O) groups is 1. The third kappa shape index (κ3) is 2.31. The molecule has 0 radical (unpaired) electrons. The average Bonchev–Trinajstić information content (AvgIpc) is 2.51. The Morgan fingerprint density at radius 1 is 1.50 bits per heavy atom. The standard InChI is InChI=1S/C10H19NO/c1-3-9-6-5-7-11(9)8-10(12)4-2/h9H,3-8H2,1-2H3. The molecule has 0 aromatic heterocycles. The molecule has 0 amide bonds. The van der Waals surface area contributed by atoms with Gasteiger partial charge in [0.1, 0.15) is 5.78 Å². The average molecular weight is 169 g/mol.